The van der Waals surface area contributed by atoms with E-state index in [1.807, 2.05) is 12.1 Å². The molecule has 1 aliphatic heterocycles. The summed E-state index contributed by atoms with van der Waals surface area (Å²) < 4.78 is 5.39. The summed E-state index contributed by atoms with van der Waals surface area (Å²) in [7, 11) is 0. The summed E-state index contributed by atoms with van der Waals surface area (Å²) in [6.07, 6.45) is 3.25. The van der Waals surface area contributed by atoms with Crippen LogP contribution in [-0.4, -0.2) is 46.2 Å². The number of nitrogens with zero attached hydrogens (tertiary/aromatic N) is 5. The molecule has 3 heterocycles. The first kappa shape index (κ1) is 17.4. The minimum atomic E-state index is 0.174. The average molecular weight is 384 g/mol. The molecule has 4 rings (SSSR count). The fourth-order valence-electron chi connectivity index (χ4n) is 2.73. The van der Waals surface area contributed by atoms with Crippen LogP contribution >= 0.6 is 11.6 Å². The molecule has 8 nitrogen and oxygen atoms in total. The third-order valence-electron chi connectivity index (χ3n) is 4.04. The number of halogens is 1. The molecule has 2 N–H and O–H groups in total. The van der Waals surface area contributed by atoms with Crippen LogP contribution in [0, 0.1) is 0 Å². The third-order valence-corrected chi connectivity index (χ3v) is 4.22. The maximum Gasteiger partial charge on any atom is 0.229 e. The smallest absolute Gasteiger partial charge is 0.229 e. The summed E-state index contributed by atoms with van der Waals surface area (Å²) in [5.41, 5.74) is 2.09. The van der Waals surface area contributed by atoms with Crippen LogP contribution in [0.3, 0.4) is 0 Å². The Hall–Kier alpha value is -2.97. The third kappa shape index (κ3) is 4.60. The quantitative estimate of drug-likeness (QED) is 0.649. The van der Waals surface area contributed by atoms with E-state index in [1.54, 1.807) is 24.5 Å². The van der Waals surface area contributed by atoms with E-state index < -0.39 is 0 Å². The molecule has 0 aliphatic carbocycles. The highest BCUT2D eigenvalue weighted by Gasteiger charge is 2.11. The van der Waals surface area contributed by atoms with E-state index in [-0.39, 0.29) is 5.28 Å². The first-order valence-corrected chi connectivity index (χ1v) is 8.92. The molecule has 27 heavy (non-hydrogen) atoms. The molecule has 9 heteroatoms. The van der Waals surface area contributed by atoms with E-state index in [9.17, 15) is 0 Å². The summed E-state index contributed by atoms with van der Waals surface area (Å²) in [6, 6.07) is 11.7. The second kappa shape index (κ2) is 8.15. The number of nitrogens with one attached hydrogen (secondary N) is 2. The van der Waals surface area contributed by atoms with Crippen molar-refractivity contribution in [2.45, 2.75) is 0 Å². The van der Waals surface area contributed by atoms with Crippen LogP contribution in [0.1, 0.15) is 0 Å². The first-order chi connectivity index (χ1) is 13.3. The molecule has 0 amide bonds. The van der Waals surface area contributed by atoms with Gasteiger partial charge < -0.3 is 20.3 Å². The van der Waals surface area contributed by atoms with E-state index in [4.69, 9.17) is 16.3 Å². The van der Waals surface area contributed by atoms with E-state index >= 15 is 0 Å². The van der Waals surface area contributed by atoms with Gasteiger partial charge in [-0.25, -0.2) is 15.0 Å². The average Bonchev–Trinajstić information content (AvgIpc) is 2.70. The lowest BCUT2D eigenvalue weighted by Gasteiger charge is -2.28. The minimum absolute atomic E-state index is 0.174. The number of hydrogen-bond acceptors (Lipinski definition) is 8. The lowest BCUT2D eigenvalue weighted by molar-refractivity contribution is 0.122. The minimum Gasteiger partial charge on any atom is -0.378 e. The Labute approximate surface area is 161 Å². The van der Waals surface area contributed by atoms with Gasteiger partial charge in [0.1, 0.15) is 11.6 Å². The van der Waals surface area contributed by atoms with Gasteiger partial charge in [-0.2, -0.15) is 4.98 Å². The van der Waals surface area contributed by atoms with Gasteiger partial charge in [0.2, 0.25) is 11.2 Å². The van der Waals surface area contributed by atoms with Gasteiger partial charge in [-0.05, 0) is 48.0 Å². The van der Waals surface area contributed by atoms with Crippen LogP contribution in [-0.2, 0) is 4.74 Å². The van der Waals surface area contributed by atoms with Crippen molar-refractivity contribution in [2.24, 2.45) is 0 Å². The van der Waals surface area contributed by atoms with Crippen LogP contribution < -0.4 is 15.5 Å². The number of anilines is 5. The van der Waals surface area contributed by atoms with Gasteiger partial charge >= 0.3 is 0 Å². The predicted octanol–water partition coefficient (Wildman–Crippen LogP) is 3.24. The molecule has 3 aromatic rings. The Kier molecular flexibility index (Phi) is 5.27. The summed E-state index contributed by atoms with van der Waals surface area (Å²) in [5, 5.41) is 6.46. The van der Waals surface area contributed by atoms with E-state index in [1.165, 1.54) is 5.69 Å². The van der Waals surface area contributed by atoms with Crippen LogP contribution in [0.4, 0.5) is 29.0 Å². The molecule has 0 atom stereocenters. The first-order valence-electron chi connectivity index (χ1n) is 8.55. The van der Waals surface area contributed by atoms with Gasteiger partial charge in [0, 0.05) is 36.9 Å². The highest BCUT2D eigenvalue weighted by Crippen LogP contribution is 2.21. The number of rotatable bonds is 5. The van der Waals surface area contributed by atoms with Gasteiger partial charge in [-0.15, -0.1) is 0 Å². The van der Waals surface area contributed by atoms with Crippen molar-refractivity contribution in [1.82, 2.24) is 19.9 Å². The van der Waals surface area contributed by atoms with Crippen molar-refractivity contribution in [1.29, 1.82) is 0 Å². The molecular weight excluding hydrogens is 366 g/mol. The summed E-state index contributed by atoms with van der Waals surface area (Å²) in [6.45, 7) is 3.36. The Bertz CT molecular complexity index is 900. The van der Waals surface area contributed by atoms with E-state index in [2.05, 4.69) is 47.6 Å². The summed E-state index contributed by atoms with van der Waals surface area (Å²) in [4.78, 5) is 18.9. The van der Waals surface area contributed by atoms with Crippen LogP contribution in [0.2, 0.25) is 5.28 Å². The summed E-state index contributed by atoms with van der Waals surface area (Å²) >= 11 is 5.80. The molecule has 0 radical (unpaired) electrons. The molecule has 0 unspecified atom stereocenters. The molecule has 1 aliphatic rings. The fraction of sp³-hybridized carbons (Fsp3) is 0.222. The van der Waals surface area contributed by atoms with Crippen LogP contribution in [0.25, 0.3) is 0 Å². The number of hydrogen-bond donors (Lipinski definition) is 2. The zero-order valence-electron chi connectivity index (χ0n) is 14.5. The van der Waals surface area contributed by atoms with Crippen molar-refractivity contribution >= 4 is 40.6 Å². The Morgan fingerprint density at radius 1 is 0.852 bits per heavy atom. The number of aromatic nitrogens is 4. The van der Waals surface area contributed by atoms with Gasteiger partial charge in [0.15, 0.2) is 0 Å². The monoisotopic (exact) mass is 383 g/mol. The molecule has 138 valence electrons. The maximum absolute atomic E-state index is 5.80. The topological polar surface area (TPSA) is 88.1 Å². The number of morpholine rings is 1. The lowest BCUT2D eigenvalue weighted by atomic mass is 10.2. The Morgan fingerprint density at radius 3 is 2.30 bits per heavy atom. The summed E-state index contributed by atoms with van der Waals surface area (Å²) in [5.74, 6) is 1.65. The zero-order chi connectivity index (χ0) is 18.5. The van der Waals surface area contributed by atoms with Gasteiger partial charge in [-0.3, -0.25) is 0 Å². The van der Waals surface area contributed by atoms with Crippen molar-refractivity contribution < 1.29 is 4.74 Å². The Morgan fingerprint density at radius 2 is 1.56 bits per heavy atom. The molecule has 0 saturated carbocycles. The molecule has 0 bridgehead atoms. The fourth-order valence-corrected chi connectivity index (χ4v) is 2.88. The highest BCUT2D eigenvalue weighted by atomic mass is 35.5. The second-order valence-electron chi connectivity index (χ2n) is 5.87. The van der Waals surface area contributed by atoms with Crippen molar-refractivity contribution in [3.63, 3.8) is 0 Å². The molecule has 1 saturated heterocycles. The van der Waals surface area contributed by atoms with Crippen LogP contribution in [0.15, 0.2) is 48.8 Å². The highest BCUT2D eigenvalue weighted by molar-refractivity contribution is 6.28. The van der Waals surface area contributed by atoms with Gasteiger partial charge in [0.05, 0.1) is 13.2 Å². The molecule has 1 fully saturated rings. The molecule has 1 aromatic carbocycles. The SMILES string of the molecule is Clc1nccc(Nc2ccnc(Nc3ccc(N4CCOCC4)cc3)n2)n1. The molecular formula is C18H18ClN7O. The second-order valence-corrected chi connectivity index (χ2v) is 6.21. The number of benzene rings is 1. The largest absolute Gasteiger partial charge is 0.378 e. The zero-order valence-corrected chi connectivity index (χ0v) is 15.2. The standard InChI is InChI=1S/C18H18ClN7O/c19-17-20-7-5-15(24-17)23-16-6-8-21-18(25-16)22-13-1-3-14(4-2-13)26-9-11-27-12-10-26/h1-8H,9-12H2,(H2,20,21,22,23,24,25). The van der Waals surface area contributed by atoms with Gasteiger partial charge in [-0.1, -0.05) is 0 Å². The Balaban J connectivity index is 1.43. The van der Waals surface area contributed by atoms with Gasteiger partial charge in [0.25, 0.3) is 0 Å². The van der Waals surface area contributed by atoms with E-state index in [0.717, 1.165) is 32.0 Å². The normalized spacial score (nSPS) is 14.0. The number of ether oxygens (including phenoxy) is 1. The van der Waals surface area contributed by atoms with E-state index in [0.29, 0.717) is 17.6 Å². The lowest BCUT2D eigenvalue weighted by Crippen LogP contribution is -2.36. The molecule has 0 spiro atoms. The van der Waals surface area contributed by atoms with Crippen molar-refractivity contribution in [2.75, 3.05) is 41.8 Å². The maximum atomic E-state index is 5.80. The van der Waals surface area contributed by atoms with Crippen molar-refractivity contribution in [3.8, 4) is 0 Å². The molecule has 2 aromatic heterocycles. The van der Waals surface area contributed by atoms with Crippen LogP contribution in [0.5, 0.6) is 0 Å². The predicted molar refractivity (Wildman–Crippen MR) is 105 cm³/mol. The van der Waals surface area contributed by atoms with Crippen molar-refractivity contribution in [3.05, 3.63) is 54.1 Å².